The SMILES string of the molecule is N#CCCc1ccc(-c2ccc(-c3ccc(-c4ccc(-c5cccs5)s4)s3)s2)s1. The smallest absolute Gasteiger partial charge is 0.0625 e. The average Bonchev–Trinajstić information content (AvgIpc) is 3.55. The summed E-state index contributed by atoms with van der Waals surface area (Å²) in [4.78, 5) is 11.9. The first-order valence-electron chi connectivity index (χ1n) is 9.10. The fourth-order valence-electron chi connectivity index (χ4n) is 3.05. The lowest BCUT2D eigenvalue weighted by atomic mass is 10.3. The predicted molar refractivity (Wildman–Crippen MR) is 132 cm³/mol. The molecular formula is C23H15NS5. The fraction of sp³-hybridized carbons (Fsp3) is 0.0870. The molecule has 5 aromatic rings. The Morgan fingerprint density at radius 3 is 1.55 bits per heavy atom. The minimum Gasteiger partial charge on any atom is -0.198 e. The molecule has 0 N–H and O–H groups in total. The summed E-state index contributed by atoms with van der Waals surface area (Å²) in [7, 11) is 0. The van der Waals surface area contributed by atoms with Crippen molar-refractivity contribution >= 4 is 56.7 Å². The maximum atomic E-state index is 8.77. The molecule has 5 aromatic heterocycles. The molecule has 0 radical (unpaired) electrons. The summed E-state index contributed by atoms with van der Waals surface area (Å²) in [5.41, 5.74) is 0. The maximum Gasteiger partial charge on any atom is 0.0625 e. The van der Waals surface area contributed by atoms with Crippen molar-refractivity contribution in [1.82, 2.24) is 0 Å². The molecule has 0 aliphatic heterocycles. The van der Waals surface area contributed by atoms with Crippen molar-refractivity contribution in [3.8, 4) is 45.1 Å². The second kappa shape index (κ2) is 8.39. The average molecular weight is 466 g/mol. The van der Waals surface area contributed by atoms with Crippen molar-refractivity contribution in [2.45, 2.75) is 12.8 Å². The highest BCUT2D eigenvalue weighted by molar-refractivity contribution is 7.29. The minimum atomic E-state index is 0.588. The summed E-state index contributed by atoms with van der Waals surface area (Å²) in [6.07, 6.45) is 1.44. The van der Waals surface area contributed by atoms with Crippen LogP contribution < -0.4 is 0 Å². The van der Waals surface area contributed by atoms with E-state index in [4.69, 9.17) is 5.26 Å². The van der Waals surface area contributed by atoms with E-state index >= 15 is 0 Å². The lowest BCUT2D eigenvalue weighted by molar-refractivity contribution is 1.04. The van der Waals surface area contributed by atoms with Crippen molar-refractivity contribution < 1.29 is 0 Å². The third-order valence-corrected chi connectivity index (χ3v) is 10.5. The molecule has 0 bridgehead atoms. The van der Waals surface area contributed by atoms with Crippen molar-refractivity contribution in [2.24, 2.45) is 0 Å². The summed E-state index contributed by atoms with van der Waals surface area (Å²) >= 11 is 9.18. The molecule has 29 heavy (non-hydrogen) atoms. The minimum absolute atomic E-state index is 0.588. The van der Waals surface area contributed by atoms with Gasteiger partial charge in [-0.3, -0.25) is 0 Å². The Kier molecular flexibility index (Phi) is 5.49. The highest BCUT2D eigenvalue weighted by Gasteiger charge is 2.12. The quantitative estimate of drug-likeness (QED) is 0.245. The van der Waals surface area contributed by atoms with Gasteiger partial charge in [0.2, 0.25) is 0 Å². The first-order valence-corrected chi connectivity index (χ1v) is 13.2. The van der Waals surface area contributed by atoms with Crippen molar-refractivity contribution in [1.29, 1.82) is 5.26 Å². The van der Waals surface area contributed by atoms with E-state index in [-0.39, 0.29) is 0 Å². The third kappa shape index (κ3) is 4.02. The largest absolute Gasteiger partial charge is 0.198 e. The molecule has 1 nitrogen and oxygen atoms in total. The molecule has 5 rings (SSSR count). The van der Waals surface area contributed by atoms with Crippen LogP contribution in [-0.4, -0.2) is 0 Å². The number of hydrogen-bond donors (Lipinski definition) is 0. The van der Waals surface area contributed by atoms with Gasteiger partial charge in [-0.1, -0.05) is 6.07 Å². The van der Waals surface area contributed by atoms with Gasteiger partial charge in [-0.15, -0.1) is 56.7 Å². The van der Waals surface area contributed by atoms with Gasteiger partial charge in [-0.05, 0) is 66.4 Å². The van der Waals surface area contributed by atoms with Gasteiger partial charge in [0.15, 0.2) is 0 Å². The van der Waals surface area contributed by atoms with Gasteiger partial charge in [0.25, 0.3) is 0 Å². The van der Waals surface area contributed by atoms with E-state index in [1.165, 1.54) is 43.9 Å². The second-order valence-electron chi connectivity index (χ2n) is 6.39. The Morgan fingerprint density at radius 1 is 0.586 bits per heavy atom. The monoisotopic (exact) mass is 465 g/mol. The summed E-state index contributed by atoms with van der Waals surface area (Å²) in [6, 6.07) is 24.3. The molecule has 5 heterocycles. The van der Waals surface area contributed by atoms with Gasteiger partial charge < -0.3 is 0 Å². The molecule has 0 aliphatic rings. The molecule has 0 saturated heterocycles. The summed E-state index contributed by atoms with van der Waals surface area (Å²) < 4.78 is 0. The molecule has 0 aromatic carbocycles. The van der Waals surface area contributed by atoms with Crippen LogP contribution in [0.25, 0.3) is 39.0 Å². The van der Waals surface area contributed by atoms with E-state index in [0.29, 0.717) is 6.42 Å². The zero-order chi connectivity index (χ0) is 19.6. The maximum absolute atomic E-state index is 8.77. The van der Waals surface area contributed by atoms with Crippen molar-refractivity contribution in [3.05, 3.63) is 70.9 Å². The van der Waals surface area contributed by atoms with Crippen LogP contribution in [-0.2, 0) is 6.42 Å². The van der Waals surface area contributed by atoms with Crippen LogP contribution in [0.2, 0.25) is 0 Å². The van der Waals surface area contributed by atoms with Gasteiger partial charge in [0, 0.05) is 50.3 Å². The van der Waals surface area contributed by atoms with Crippen LogP contribution >= 0.6 is 56.7 Å². The number of nitriles is 1. The Hall–Kier alpha value is -2.01. The predicted octanol–water partition coefficient (Wildman–Crippen LogP) is 9.12. The van der Waals surface area contributed by atoms with Crippen LogP contribution in [0, 0.1) is 11.3 Å². The van der Waals surface area contributed by atoms with Gasteiger partial charge in [0.1, 0.15) is 0 Å². The number of nitrogens with zero attached hydrogens (tertiary/aromatic N) is 1. The van der Waals surface area contributed by atoms with E-state index in [9.17, 15) is 0 Å². The van der Waals surface area contributed by atoms with Gasteiger partial charge in [-0.2, -0.15) is 5.26 Å². The van der Waals surface area contributed by atoms with E-state index in [0.717, 1.165) is 6.42 Å². The Bertz CT molecular complexity index is 1270. The van der Waals surface area contributed by atoms with Crippen LogP contribution in [0.4, 0.5) is 0 Å². The lowest BCUT2D eigenvalue weighted by Crippen LogP contribution is -1.74. The first-order chi connectivity index (χ1) is 14.3. The van der Waals surface area contributed by atoms with Crippen LogP contribution in [0.5, 0.6) is 0 Å². The fourth-order valence-corrected chi connectivity index (χ4v) is 8.18. The molecule has 142 valence electrons. The molecule has 0 spiro atoms. The van der Waals surface area contributed by atoms with Crippen LogP contribution in [0.15, 0.2) is 66.0 Å². The zero-order valence-corrected chi connectivity index (χ0v) is 19.3. The molecular weight excluding hydrogens is 451 g/mol. The number of hydrogen-bond acceptors (Lipinski definition) is 6. The highest BCUT2D eigenvalue weighted by Crippen LogP contribution is 2.44. The summed E-state index contributed by atoms with van der Waals surface area (Å²) in [6.45, 7) is 0. The number of rotatable bonds is 6. The lowest BCUT2D eigenvalue weighted by Gasteiger charge is -1.92. The molecule has 0 atom stereocenters. The second-order valence-corrected chi connectivity index (χ2v) is 11.8. The molecule has 0 saturated carbocycles. The highest BCUT2D eigenvalue weighted by atomic mass is 32.1. The third-order valence-electron chi connectivity index (χ3n) is 4.46. The van der Waals surface area contributed by atoms with E-state index in [2.05, 4.69) is 72.1 Å². The van der Waals surface area contributed by atoms with E-state index in [1.54, 1.807) is 22.7 Å². The standard InChI is InChI=1S/C23H15NS5/c24-13-1-3-15-5-6-18(26-15)19-9-10-22(28-19)23-12-11-21(29-23)20-8-7-17(27-20)16-4-2-14-25-16/h2,4-12,14H,1,3H2. The van der Waals surface area contributed by atoms with Crippen molar-refractivity contribution in [3.63, 3.8) is 0 Å². The number of aryl methyl sites for hydroxylation is 1. The summed E-state index contributed by atoms with van der Waals surface area (Å²) in [5, 5.41) is 10.9. The molecule has 0 aliphatic carbocycles. The topological polar surface area (TPSA) is 23.8 Å². The summed E-state index contributed by atoms with van der Waals surface area (Å²) in [5.74, 6) is 0. The normalized spacial score (nSPS) is 11.0. The van der Waals surface area contributed by atoms with Crippen LogP contribution in [0.3, 0.4) is 0 Å². The number of thiophene rings is 5. The van der Waals surface area contributed by atoms with Gasteiger partial charge in [0.05, 0.1) is 6.07 Å². The molecule has 0 amide bonds. The van der Waals surface area contributed by atoms with E-state index < -0.39 is 0 Å². The Labute approximate surface area is 189 Å². The first kappa shape index (κ1) is 19.0. The molecule has 6 heteroatoms. The van der Waals surface area contributed by atoms with Gasteiger partial charge >= 0.3 is 0 Å². The Balaban J connectivity index is 1.36. The zero-order valence-electron chi connectivity index (χ0n) is 15.3. The van der Waals surface area contributed by atoms with Crippen LogP contribution in [0.1, 0.15) is 11.3 Å². The molecule has 0 fully saturated rings. The van der Waals surface area contributed by atoms with E-state index in [1.807, 2.05) is 34.0 Å². The van der Waals surface area contributed by atoms with Gasteiger partial charge in [-0.25, -0.2) is 0 Å². The molecule has 0 unspecified atom stereocenters. The Morgan fingerprint density at radius 2 is 1.07 bits per heavy atom. The van der Waals surface area contributed by atoms with Crippen molar-refractivity contribution in [2.75, 3.05) is 0 Å².